The number of rotatable bonds is 9. The van der Waals surface area contributed by atoms with Gasteiger partial charge in [-0.15, -0.1) is 21.5 Å². The number of carbonyl (C=O) groups is 1. The fourth-order valence-corrected chi connectivity index (χ4v) is 7.08. The predicted molar refractivity (Wildman–Crippen MR) is 98.2 cm³/mol. The number of amides is 1. The van der Waals surface area contributed by atoms with Gasteiger partial charge in [0.2, 0.25) is 5.91 Å². The van der Waals surface area contributed by atoms with Gasteiger partial charge in [0.1, 0.15) is 4.21 Å². The van der Waals surface area contributed by atoms with Crippen LogP contribution >= 0.6 is 23.3 Å². The van der Waals surface area contributed by atoms with Crippen LogP contribution < -0.4 is 10.0 Å². The Balaban J connectivity index is 1.99. The van der Waals surface area contributed by atoms with E-state index in [2.05, 4.69) is 14.9 Å². The van der Waals surface area contributed by atoms with Crippen molar-refractivity contribution in [1.29, 1.82) is 0 Å². The van der Waals surface area contributed by atoms with Crippen LogP contribution in [0, 0.1) is 10.1 Å². The molecular formula is C14H21N3O6S3. The second-order valence-corrected chi connectivity index (χ2v) is 10.5. The fraction of sp³-hybridized carbons (Fsp3) is 0.643. The molecule has 2 atom stereocenters. The van der Waals surface area contributed by atoms with Crippen LogP contribution in [0.1, 0.15) is 44.7 Å². The lowest BCUT2D eigenvalue weighted by Crippen LogP contribution is -2.33. The third kappa shape index (κ3) is 5.09. The van der Waals surface area contributed by atoms with Crippen molar-refractivity contribution >= 4 is 39.0 Å². The molecule has 0 radical (unpaired) electrons. The molecule has 0 saturated carbocycles. The average Bonchev–Trinajstić information content (AvgIpc) is 3.00. The Hall–Kier alpha value is -1.37. The summed E-state index contributed by atoms with van der Waals surface area (Å²) in [7, 11) is -3.34. The van der Waals surface area contributed by atoms with Crippen molar-refractivity contribution in [2.24, 2.45) is 0 Å². The number of hydrogen-bond acceptors (Lipinski definition) is 9. The van der Waals surface area contributed by atoms with Gasteiger partial charge in [0.05, 0.1) is 16.1 Å². The molecule has 9 nitrogen and oxygen atoms in total. The summed E-state index contributed by atoms with van der Waals surface area (Å²) in [6.07, 6.45) is 0.830. The van der Waals surface area contributed by atoms with Gasteiger partial charge in [0.25, 0.3) is 5.09 Å². The Kier molecular flexibility index (Phi) is 7.26. The van der Waals surface area contributed by atoms with Crippen molar-refractivity contribution < 1.29 is 23.1 Å². The van der Waals surface area contributed by atoms with E-state index in [0.29, 0.717) is 14.8 Å². The lowest BCUT2D eigenvalue weighted by atomic mass is 10.1. The molecule has 1 amide bonds. The molecule has 0 aromatic carbocycles. The van der Waals surface area contributed by atoms with Crippen molar-refractivity contribution in [3.05, 3.63) is 21.7 Å². The first-order valence-electron chi connectivity index (χ1n) is 8.09. The van der Waals surface area contributed by atoms with Crippen molar-refractivity contribution in [3.8, 4) is 0 Å². The zero-order chi connectivity index (χ0) is 19.3. The van der Waals surface area contributed by atoms with E-state index in [0.717, 1.165) is 35.4 Å². The maximum atomic E-state index is 12.6. The third-order valence-corrected chi connectivity index (χ3v) is 8.73. The van der Waals surface area contributed by atoms with Gasteiger partial charge in [-0.05, 0) is 49.9 Å². The summed E-state index contributed by atoms with van der Waals surface area (Å²) in [6.45, 7) is 4.28. The minimum atomic E-state index is -3.34. The summed E-state index contributed by atoms with van der Waals surface area (Å²) in [6, 6.07) is 1.78. The molecule has 2 heterocycles. The van der Waals surface area contributed by atoms with Crippen LogP contribution in [0.3, 0.4) is 0 Å². The molecule has 0 saturated heterocycles. The smallest absolute Gasteiger partial charge is 0.294 e. The number of sulfone groups is 1. The molecule has 0 bridgehead atoms. The molecule has 0 fully saturated rings. The first-order valence-corrected chi connectivity index (χ1v) is 11.3. The summed E-state index contributed by atoms with van der Waals surface area (Å²) in [5, 5.41) is 12.0. The molecule has 1 aromatic heterocycles. The molecule has 26 heavy (non-hydrogen) atoms. The number of thiophene rings is 1. The largest absolute Gasteiger partial charge is 0.314 e. The number of carbonyl (C=O) groups excluding carboxylic acids is 1. The van der Waals surface area contributed by atoms with Gasteiger partial charge in [-0.25, -0.2) is 8.42 Å². The molecule has 12 heteroatoms. The maximum Gasteiger partial charge on any atom is 0.294 e. The van der Waals surface area contributed by atoms with Crippen molar-refractivity contribution in [1.82, 2.24) is 10.0 Å². The van der Waals surface area contributed by atoms with Gasteiger partial charge in [0, 0.05) is 12.5 Å². The Bertz CT molecular complexity index is 764. The summed E-state index contributed by atoms with van der Waals surface area (Å²) in [5.41, 5.74) is 0.756. The number of hydrogen-bond donors (Lipinski definition) is 2. The molecule has 146 valence electrons. The maximum absolute atomic E-state index is 12.6. The van der Waals surface area contributed by atoms with Gasteiger partial charge < -0.3 is 10.2 Å². The Morgan fingerprint density at radius 1 is 1.54 bits per heavy atom. The van der Waals surface area contributed by atoms with Gasteiger partial charge in [-0.3, -0.25) is 9.52 Å². The Labute approximate surface area is 160 Å². The number of fused-ring (bicyclic) bond motifs is 1. The lowest BCUT2D eigenvalue weighted by Gasteiger charge is -2.27. The van der Waals surface area contributed by atoms with Gasteiger partial charge in [0.15, 0.2) is 9.84 Å². The normalized spacial score (nSPS) is 21.0. The second-order valence-electron chi connectivity index (χ2n) is 5.80. The van der Waals surface area contributed by atoms with Crippen molar-refractivity contribution in [2.75, 3.05) is 13.2 Å². The predicted octanol–water partition coefficient (Wildman–Crippen LogP) is 2.08. The van der Waals surface area contributed by atoms with E-state index in [-0.39, 0.29) is 31.4 Å². The first-order chi connectivity index (χ1) is 12.3. The minimum absolute atomic E-state index is 0.0193. The summed E-state index contributed by atoms with van der Waals surface area (Å²) in [4.78, 5) is 25.9. The van der Waals surface area contributed by atoms with Crippen LogP contribution in [0.2, 0.25) is 0 Å². The van der Waals surface area contributed by atoms with E-state index in [9.17, 15) is 23.3 Å². The summed E-state index contributed by atoms with van der Waals surface area (Å²) < 4.78 is 28.8. The minimum Gasteiger partial charge on any atom is -0.314 e. The Morgan fingerprint density at radius 2 is 2.27 bits per heavy atom. The molecule has 1 aliphatic rings. The fourth-order valence-electron chi connectivity index (χ4n) is 2.62. The average molecular weight is 424 g/mol. The zero-order valence-electron chi connectivity index (χ0n) is 14.4. The topological polar surface area (TPSA) is 128 Å². The van der Waals surface area contributed by atoms with Crippen LogP contribution in [0.4, 0.5) is 0 Å². The van der Waals surface area contributed by atoms with Crippen LogP contribution in [-0.4, -0.2) is 37.8 Å². The third-order valence-electron chi connectivity index (χ3n) is 3.89. The monoisotopic (exact) mass is 423 g/mol. The quantitative estimate of drug-likeness (QED) is 0.267. The van der Waals surface area contributed by atoms with E-state index in [1.807, 2.05) is 6.92 Å². The highest BCUT2D eigenvalue weighted by Gasteiger charge is 2.38. The SMILES string of the molecule is CCN[C@H]1CC(C)S(=O)(=O)c2sc(SNC(=O)CCCO[N+](=O)[O-])cc21. The van der Waals surface area contributed by atoms with E-state index < -0.39 is 20.2 Å². The Morgan fingerprint density at radius 3 is 2.92 bits per heavy atom. The standard InChI is InChI=1S/C14H21N3O6S3/c1-3-15-11-7-9(2)26(21,22)14-10(11)8-13(24-14)25-16-12(18)5-4-6-23-17(19)20/h8-9,11,15H,3-7H2,1-2H3,(H,16,18)/t9?,11-/m0/s1. The molecule has 2 rings (SSSR count). The zero-order valence-corrected chi connectivity index (χ0v) is 16.8. The molecule has 0 aliphatic carbocycles. The molecule has 1 aliphatic heterocycles. The van der Waals surface area contributed by atoms with Gasteiger partial charge in [-0.1, -0.05) is 6.92 Å². The summed E-state index contributed by atoms with van der Waals surface area (Å²) in [5.74, 6) is -0.298. The van der Waals surface area contributed by atoms with Crippen molar-refractivity contribution in [2.45, 2.75) is 52.8 Å². The van der Waals surface area contributed by atoms with E-state index in [1.54, 1.807) is 13.0 Å². The molecule has 2 N–H and O–H groups in total. The van der Waals surface area contributed by atoms with E-state index in [4.69, 9.17) is 0 Å². The van der Waals surface area contributed by atoms with E-state index >= 15 is 0 Å². The van der Waals surface area contributed by atoms with Crippen LogP contribution in [0.25, 0.3) is 0 Å². The number of nitrogens with zero attached hydrogens (tertiary/aromatic N) is 1. The van der Waals surface area contributed by atoms with Gasteiger partial charge >= 0.3 is 0 Å². The molecular weight excluding hydrogens is 402 g/mol. The highest BCUT2D eigenvalue weighted by atomic mass is 32.2. The lowest BCUT2D eigenvalue weighted by molar-refractivity contribution is -0.757. The van der Waals surface area contributed by atoms with Crippen molar-refractivity contribution in [3.63, 3.8) is 0 Å². The molecule has 0 spiro atoms. The summed E-state index contributed by atoms with van der Waals surface area (Å²) >= 11 is 2.22. The highest BCUT2D eigenvalue weighted by Crippen LogP contribution is 2.43. The molecule has 1 unspecified atom stereocenters. The van der Waals surface area contributed by atoms with Gasteiger partial charge in [-0.2, -0.15) is 0 Å². The van der Waals surface area contributed by atoms with Crippen LogP contribution in [-0.2, 0) is 19.5 Å². The highest BCUT2D eigenvalue weighted by molar-refractivity contribution is 8.00. The first kappa shape index (κ1) is 20.9. The number of nitrogens with one attached hydrogen (secondary N) is 2. The van der Waals surface area contributed by atoms with Crippen LogP contribution in [0.5, 0.6) is 0 Å². The second kappa shape index (κ2) is 9.02. The molecule has 1 aromatic rings. The van der Waals surface area contributed by atoms with E-state index in [1.165, 1.54) is 0 Å². The van der Waals surface area contributed by atoms with Crippen LogP contribution in [0.15, 0.2) is 14.5 Å².